The Balaban J connectivity index is 1.71. The molecule has 0 spiro atoms. The molecule has 0 saturated carbocycles. The van der Waals surface area contributed by atoms with Crippen LogP contribution in [0.15, 0.2) is 127 Å². The number of aliphatic hydroxyl groups excluding tert-OH is 1. The van der Waals surface area contributed by atoms with Gasteiger partial charge >= 0.3 is 0 Å². The third-order valence-electron chi connectivity index (χ3n) is 4.66. The molecule has 2 nitrogen and oxygen atoms in total. The lowest BCUT2D eigenvalue weighted by Gasteiger charge is -2.26. The van der Waals surface area contributed by atoms with Crippen molar-refractivity contribution in [3.8, 4) is 11.1 Å². The van der Waals surface area contributed by atoms with E-state index in [0.717, 1.165) is 28.1 Å². The highest BCUT2D eigenvalue weighted by molar-refractivity contribution is 5.73. The standard InChI is InChI=1S/C26H21NO/c1-20-17-25(16-15-21-9-4-2-5-10-21)27(19-26(20)28)24-14-8-13-23(18-24)22-11-6-3-7-12-22/h2-19,28H,1H2/b16-15+. The van der Waals surface area contributed by atoms with E-state index in [0.29, 0.717) is 5.57 Å². The minimum absolute atomic E-state index is 0.168. The van der Waals surface area contributed by atoms with E-state index in [1.165, 1.54) is 0 Å². The summed E-state index contributed by atoms with van der Waals surface area (Å²) in [6.45, 7) is 3.94. The molecule has 4 rings (SSSR count). The maximum absolute atomic E-state index is 10.3. The van der Waals surface area contributed by atoms with E-state index >= 15 is 0 Å². The normalized spacial score (nSPS) is 14.1. The molecule has 0 saturated heterocycles. The van der Waals surface area contributed by atoms with Crippen molar-refractivity contribution in [3.63, 3.8) is 0 Å². The molecule has 0 unspecified atom stereocenters. The summed E-state index contributed by atoms with van der Waals surface area (Å²) in [5.41, 5.74) is 5.92. The Kier molecular flexibility index (Phi) is 4.94. The molecule has 0 bridgehead atoms. The molecule has 3 aromatic carbocycles. The van der Waals surface area contributed by atoms with Gasteiger partial charge in [0.25, 0.3) is 0 Å². The van der Waals surface area contributed by atoms with Crippen LogP contribution in [0.5, 0.6) is 0 Å². The van der Waals surface area contributed by atoms with Crippen LogP contribution in [0.3, 0.4) is 0 Å². The second-order valence-corrected chi connectivity index (χ2v) is 6.64. The van der Waals surface area contributed by atoms with Crippen LogP contribution in [0.25, 0.3) is 17.2 Å². The lowest BCUT2D eigenvalue weighted by atomic mass is 10.0. The van der Waals surface area contributed by atoms with Crippen molar-refractivity contribution in [1.29, 1.82) is 0 Å². The third kappa shape index (κ3) is 3.81. The average Bonchev–Trinajstić information content (AvgIpc) is 2.76. The first-order valence-electron chi connectivity index (χ1n) is 9.20. The summed E-state index contributed by atoms with van der Waals surface area (Å²) in [5, 5.41) is 10.3. The Morgan fingerprint density at radius 2 is 1.43 bits per heavy atom. The quantitative estimate of drug-likeness (QED) is 0.556. The van der Waals surface area contributed by atoms with Crippen molar-refractivity contribution < 1.29 is 5.11 Å². The summed E-state index contributed by atoms with van der Waals surface area (Å²) in [4.78, 5) is 1.98. The molecule has 0 atom stereocenters. The summed E-state index contributed by atoms with van der Waals surface area (Å²) in [6.07, 6.45) is 7.71. The Bertz CT molecular complexity index is 1080. The molecular formula is C26H21NO. The number of benzene rings is 3. The van der Waals surface area contributed by atoms with Gasteiger partial charge in [0.15, 0.2) is 0 Å². The third-order valence-corrected chi connectivity index (χ3v) is 4.66. The van der Waals surface area contributed by atoms with E-state index in [4.69, 9.17) is 0 Å². The first kappa shape index (κ1) is 17.6. The average molecular weight is 363 g/mol. The second kappa shape index (κ2) is 7.85. The van der Waals surface area contributed by atoms with Gasteiger partial charge in [0.1, 0.15) is 5.76 Å². The zero-order valence-corrected chi connectivity index (χ0v) is 15.5. The van der Waals surface area contributed by atoms with E-state index in [-0.39, 0.29) is 5.76 Å². The smallest absolute Gasteiger partial charge is 0.138 e. The van der Waals surface area contributed by atoms with Gasteiger partial charge < -0.3 is 10.0 Å². The number of aliphatic hydroxyl groups is 1. The minimum Gasteiger partial charge on any atom is -0.506 e. The number of anilines is 1. The van der Waals surface area contributed by atoms with Crippen LogP contribution in [0, 0.1) is 0 Å². The molecule has 1 N–H and O–H groups in total. The molecule has 0 aliphatic carbocycles. The maximum Gasteiger partial charge on any atom is 0.138 e. The Labute approximate surface area is 165 Å². The number of hydrogen-bond donors (Lipinski definition) is 1. The lowest BCUT2D eigenvalue weighted by molar-refractivity contribution is 0.423. The Morgan fingerprint density at radius 3 is 2.18 bits per heavy atom. The summed E-state index contributed by atoms with van der Waals surface area (Å²) in [5.74, 6) is 0.168. The van der Waals surface area contributed by atoms with Gasteiger partial charge in [-0.3, -0.25) is 0 Å². The molecule has 1 heterocycles. The zero-order valence-electron chi connectivity index (χ0n) is 15.5. The molecule has 0 amide bonds. The van der Waals surface area contributed by atoms with E-state index in [2.05, 4.69) is 49.1 Å². The van der Waals surface area contributed by atoms with Gasteiger partial charge in [-0.2, -0.15) is 0 Å². The van der Waals surface area contributed by atoms with Crippen LogP contribution >= 0.6 is 0 Å². The van der Waals surface area contributed by atoms with Gasteiger partial charge in [-0.1, -0.05) is 85.5 Å². The summed E-state index contributed by atoms with van der Waals surface area (Å²) in [6, 6.07) is 28.7. The van der Waals surface area contributed by atoms with E-state index < -0.39 is 0 Å². The number of hydrogen-bond acceptors (Lipinski definition) is 2. The lowest BCUT2D eigenvalue weighted by Crippen LogP contribution is -2.19. The van der Waals surface area contributed by atoms with Crippen molar-refractivity contribution in [1.82, 2.24) is 0 Å². The van der Waals surface area contributed by atoms with Crippen LogP contribution < -0.4 is 4.90 Å². The fraction of sp³-hybridized carbons (Fsp3) is 0. The predicted molar refractivity (Wildman–Crippen MR) is 118 cm³/mol. The first-order chi connectivity index (χ1) is 13.7. The van der Waals surface area contributed by atoms with E-state index in [9.17, 15) is 5.11 Å². The van der Waals surface area contributed by atoms with Gasteiger partial charge in [-0.05, 0) is 41.0 Å². The monoisotopic (exact) mass is 363 g/mol. The van der Waals surface area contributed by atoms with Crippen LogP contribution in [0.2, 0.25) is 0 Å². The second-order valence-electron chi connectivity index (χ2n) is 6.64. The first-order valence-corrected chi connectivity index (χ1v) is 9.20. The molecule has 0 aromatic heterocycles. The van der Waals surface area contributed by atoms with Crippen molar-refractivity contribution in [3.05, 3.63) is 132 Å². The van der Waals surface area contributed by atoms with Crippen molar-refractivity contribution >= 4 is 11.8 Å². The van der Waals surface area contributed by atoms with Crippen molar-refractivity contribution in [2.24, 2.45) is 0 Å². The zero-order chi connectivity index (χ0) is 19.3. The van der Waals surface area contributed by atoms with Crippen LogP contribution in [0.1, 0.15) is 5.56 Å². The minimum atomic E-state index is 0.168. The van der Waals surface area contributed by atoms with Gasteiger partial charge in [0.05, 0.1) is 6.20 Å². The molecule has 1 aliphatic rings. The molecule has 2 heteroatoms. The summed E-state index contributed by atoms with van der Waals surface area (Å²) >= 11 is 0. The molecule has 0 fully saturated rings. The van der Waals surface area contributed by atoms with Gasteiger partial charge in [-0.15, -0.1) is 0 Å². The fourth-order valence-corrected chi connectivity index (χ4v) is 3.17. The van der Waals surface area contributed by atoms with Crippen LogP contribution in [-0.4, -0.2) is 5.11 Å². The van der Waals surface area contributed by atoms with Gasteiger partial charge in [0, 0.05) is 17.0 Å². The largest absolute Gasteiger partial charge is 0.506 e. The van der Waals surface area contributed by atoms with E-state index in [1.54, 1.807) is 6.20 Å². The molecule has 0 radical (unpaired) electrons. The van der Waals surface area contributed by atoms with Crippen molar-refractivity contribution in [2.45, 2.75) is 0 Å². The fourth-order valence-electron chi connectivity index (χ4n) is 3.17. The molecular weight excluding hydrogens is 342 g/mol. The summed E-state index contributed by atoms with van der Waals surface area (Å²) < 4.78 is 0. The Morgan fingerprint density at radius 1 is 0.750 bits per heavy atom. The number of allylic oxidation sites excluding steroid dienone is 2. The molecule has 1 aliphatic heterocycles. The number of rotatable bonds is 4. The van der Waals surface area contributed by atoms with Gasteiger partial charge in [0.2, 0.25) is 0 Å². The van der Waals surface area contributed by atoms with E-state index in [1.807, 2.05) is 65.6 Å². The SMILES string of the molecule is C=C1C=C(/C=C/c2ccccc2)N(c2cccc(-c3ccccc3)c2)C=C1O. The molecule has 28 heavy (non-hydrogen) atoms. The topological polar surface area (TPSA) is 23.5 Å². The number of nitrogens with zero attached hydrogens (tertiary/aromatic N) is 1. The van der Waals surface area contributed by atoms with Gasteiger partial charge in [-0.25, -0.2) is 0 Å². The predicted octanol–water partition coefficient (Wildman–Crippen LogP) is 6.73. The highest BCUT2D eigenvalue weighted by Gasteiger charge is 2.16. The van der Waals surface area contributed by atoms with Crippen LogP contribution in [0.4, 0.5) is 5.69 Å². The highest BCUT2D eigenvalue weighted by atomic mass is 16.3. The molecule has 136 valence electrons. The van der Waals surface area contributed by atoms with Crippen molar-refractivity contribution in [2.75, 3.05) is 4.90 Å². The molecule has 3 aromatic rings. The Hall–Kier alpha value is -3.78. The maximum atomic E-state index is 10.3. The van der Waals surface area contributed by atoms with Crippen LogP contribution in [-0.2, 0) is 0 Å². The summed E-state index contributed by atoms with van der Waals surface area (Å²) in [7, 11) is 0. The highest BCUT2D eigenvalue weighted by Crippen LogP contribution is 2.31.